The molecule has 0 saturated heterocycles. The smallest absolute Gasteiger partial charge is 0.388 e. The van der Waals surface area contributed by atoms with Crippen LogP contribution in [0.3, 0.4) is 0 Å². The first-order chi connectivity index (χ1) is 8.97. The molecule has 0 aliphatic heterocycles. The molecule has 0 unspecified atom stereocenters. The van der Waals surface area contributed by atoms with Crippen LogP contribution in [0.5, 0.6) is 5.88 Å². The van der Waals surface area contributed by atoms with Gasteiger partial charge in [0.1, 0.15) is 0 Å². The normalized spacial score (nSPS) is 10.1. The number of pyridine rings is 1. The number of anilines is 1. The highest BCUT2D eigenvalue weighted by Gasteiger charge is 2.06. The van der Waals surface area contributed by atoms with Gasteiger partial charge in [-0.25, -0.2) is 9.78 Å². The number of carboxylic acids is 1. The maximum absolute atomic E-state index is 11.8. The molecule has 3 N–H and O–H groups in total. The number of nitrogens with one attached hydrogen (secondary N) is 2. The number of aliphatic carboxylic acids is 1. The second kappa shape index (κ2) is 7.09. The lowest BCUT2D eigenvalue weighted by Gasteiger charge is -2.07. The van der Waals surface area contributed by atoms with Gasteiger partial charge < -0.3 is 20.5 Å². The van der Waals surface area contributed by atoms with Gasteiger partial charge in [-0.05, 0) is 6.07 Å². The average molecular weight is 275 g/mol. The number of halogens is 2. The lowest BCUT2D eigenvalue weighted by molar-refractivity contribution is -0.136. The van der Waals surface area contributed by atoms with Crippen LogP contribution in [0.4, 0.5) is 19.3 Å². The van der Waals surface area contributed by atoms with Crippen molar-refractivity contribution in [3.63, 3.8) is 0 Å². The molecule has 2 amide bonds. The Morgan fingerprint density at radius 2 is 2.16 bits per heavy atom. The molecule has 0 radical (unpaired) electrons. The van der Waals surface area contributed by atoms with Gasteiger partial charge in [0, 0.05) is 12.6 Å². The molecular formula is C10H11F2N3O4. The third-order valence-electron chi connectivity index (χ3n) is 1.83. The Balaban J connectivity index is 2.40. The van der Waals surface area contributed by atoms with Crippen molar-refractivity contribution in [1.82, 2.24) is 10.3 Å². The molecular weight excluding hydrogens is 264 g/mol. The molecule has 7 nitrogen and oxygen atoms in total. The third kappa shape index (κ3) is 6.15. The van der Waals surface area contributed by atoms with E-state index < -0.39 is 18.6 Å². The summed E-state index contributed by atoms with van der Waals surface area (Å²) >= 11 is 0. The molecule has 0 aliphatic carbocycles. The number of carbonyl (C=O) groups excluding carboxylic acids is 1. The number of nitrogens with zero attached hydrogens (tertiary/aromatic N) is 1. The Hall–Kier alpha value is -2.45. The minimum absolute atomic E-state index is 0.0266. The number of ether oxygens (including phenoxy) is 1. The number of carboxylic acid groups (broad SMARTS) is 1. The molecule has 104 valence electrons. The minimum atomic E-state index is -2.97. The first-order valence-corrected chi connectivity index (χ1v) is 5.15. The first-order valence-electron chi connectivity index (χ1n) is 5.15. The number of carbonyl (C=O) groups is 2. The highest BCUT2D eigenvalue weighted by molar-refractivity contribution is 5.89. The Labute approximate surface area is 106 Å². The summed E-state index contributed by atoms with van der Waals surface area (Å²) in [6.45, 7) is -2.99. The van der Waals surface area contributed by atoms with E-state index >= 15 is 0 Å². The van der Waals surface area contributed by atoms with Gasteiger partial charge in [-0.1, -0.05) is 0 Å². The number of urea groups is 1. The molecule has 0 fully saturated rings. The number of aromatic nitrogens is 1. The van der Waals surface area contributed by atoms with Crippen molar-refractivity contribution in [2.24, 2.45) is 0 Å². The van der Waals surface area contributed by atoms with Crippen molar-refractivity contribution in [3.05, 3.63) is 18.3 Å². The zero-order chi connectivity index (χ0) is 14.3. The molecule has 1 heterocycles. The monoisotopic (exact) mass is 275 g/mol. The summed E-state index contributed by atoms with van der Waals surface area (Å²) in [5.74, 6) is -1.30. The standard InChI is InChI=1S/C10H11F2N3O4/c11-9(12)19-7-2-1-6(5-14-7)15-10(18)13-4-3-8(16)17/h1-2,5,9H,3-4H2,(H,16,17)(H2,13,15,18). The summed E-state index contributed by atoms with van der Waals surface area (Å²) in [6, 6.07) is 1.87. The van der Waals surface area contributed by atoms with E-state index in [1.807, 2.05) is 0 Å². The highest BCUT2D eigenvalue weighted by Crippen LogP contribution is 2.13. The Bertz CT molecular complexity index is 439. The zero-order valence-electron chi connectivity index (χ0n) is 9.60. The van der Waals surface area contributed by atoms with Crippen LogP contribution < -0.4 is 15.4 Å². The van der Waals surface area contributed by atoms with E-state index in [4.69, 9.17) is 5.11 Å². The first kappa shape index (κ1) is 14.6. The fourth-order valence-corrected chi connectivity index (χ4v) is 1.07. The molecule has 9 heteroatoms. The van der Waals surface area contributed by atoms with E-state index in [0.717, 1.165) is 6.20 Å². The Morgan fingerprint density at radius 1 is 1.42 bits per heavy atom. The van der Waals surface area contributed by atoms with E-state index in [0.29, 0.717) is 0 Å². The predicted octanol–water partition coefficient (Wildman–Crippen LogP) is 1.28. The molecule has 0 aromatic carbocycles. The van der Waals surface area contributed by atoms with E-state index in [1.165, 1.54) is 12.1 Å². The van der Waals surface area contributed by atoms with Gasteiger partial charge in [-0.3, -0.25) is 4.79 Å². The van der Waals surface area contributed by atoms with E-state index in [2.05, 4.69) is 20.4 Å². The van der Waals surface area contributed by atoms with Crippen molar-refractivity contribution >= 4 is 17.7 Å². The van der Waals surface area contributed by atoms with Crippen molar-refractivity contribution in [3.8, 4) is 5.88 Å². The van der Waals surface area contributed by atoms with Gasteiger partial charge in [0.25, 0.3) is 0 Å². The van der Waals surface area contributed by atoms with Crippen molar-refractivity contribution in [1.29, 1.82) is 0 Å². The number of rotatable bonds is 6. The summed E-state index contributed by atoms with van der Waals surface area (Å²) in [5.41, 5.74) is 0.259. The van der Waals surface area contributed by atoms with Crippen LogP contribution in [0, 0.1) is 0 Å². The summed E-state index contributed by atoms with van der Waals surface area (Å²) < 4.78 is 27.7. The van der Waals surface area contributed by atoms with Crippen molar-refractivity contribution in [2.45, 2.75) is 13.0 Å². The molecule has 1 rings (SSSR count). The number of amides is 2. The molecule has 0 atom stereocenters. The Morgan fingerprint density at radius 3 is 2.68 bits per heavy atom. The van der Waals surface area contributed by atoms with Crippen LogP contribution in [-0.2, 0) is 4.79 Å². The molecule has 1 aromatic rings. The summed E-state index contributed by atoms with van der Waals surface area (Å²) in [5, 5.41) is 13.0. The lowest BCUT2D eigenvalue weighted by atomic mass is 10.4. The minimum Gasteiger partial charge on any atom is -0.481 e. The van der Waals surface area contributed by atoms with Crippen molar-refractivity contribution < 1.29 is 28.2 Å². The van der Waals surface area contributed by atoms with Gasteiger partial charge in [-0.2, -0.15) is 8.78 Å². The quantitative estimate of drug-likeness (QED) is 0.726. The topological polar surface area (TPSA) is 101 Å². The maximum atomic E-state index is 11.8. The zero-order valence-corrected chi connectivity index (χ0v) is 9.60. The second-order valence-corrected chi connectivity index (χ2v) is 3.29. The molecule has 0 saturated carbocycles. The van der Waals surface area contributed by atoms with Gasteiger partial charge in [0.15, 0.2) is 0 Å². The lowest BCUT2D eigenvalue weighted by Crippen LogP contribution is -2.30. The fourth-order valence-electron chi connectivity index (χ4n) is 1.07. The van der Waals surface area contributed by atoms with Gasteiger partial charge >= 0.3 is 18.6 Å². The highest BCUT2D eigenvalue weighted by atomic mass is 19.3. The molecule has 0 bridgehead atoms. The molecule has 0 spiro atoms. The average Bonchev–Trinajstić information content (AvgIpc) is 2.30. The van der Waals surface area contributed by atoms with Crippen LogP contribution in [-0.4, -0.2) is 35.2 Å². The van der Waals surface area contributed by atoms with Gasteiger partial charge in [-0.15, -0.1) is 0 Å². The van der Waals surface area contributed by atoms with Crippen LogP contribution in [0.1, 0.15) is 6.42 Å². The summed E-state index contributed by atoms with van der Waals surface area (Å²) in [7, 11) is 0. The molecule has 0 aliphatic rings. The van der Waals surface area contributed by atoms with E-state index in [-0.39, 0.29) is 24.5 Å². The van der Waals surface area contributed by atoms with Crippen molar-refractivity contribution in [2.75, 3.05) is 11.9 Å². The van der Waals surface area contributed by atoms with Gasteiger partial charge in [0.05, 0.1) is 18.3 Å². The third-order valence-corrected chi connectivity index (χ3v) is 1.83. The van der Waals surface area contributed by atoms with Gasteiger partial charge in [0.2, 0.25) is 5.88 Å². The number of alkyl halides is 2. The number of hydrogen-bond donors (Lipinski definition) is 3. The van der Waals surface area contributed by atoms with Crippen LogP contribution in [0.25, 0.3) is 0 Å². The maximum Gasteiger partial charge on any atom is 0.388 e. The molecule has 19 heavy (non-hydrogen) atoms. The SMILES string of the molecule is O=C(O)CCNC(=O)Nc1ccc(OC(F)F)nc1. The van der Waals surface area contributed by atoms with Crippen LogP contribution in [0.2, 0.25) is 0 Å². The van der Waals surface area contributed by atoms with Crippen LogP contribution in [0.15, 0.2) is 18.3 Å². The predicted molar refractivity (Wildman–Crippen MR) is 60.1 cm³/mol. The largest absolute Gasteiger partial charge is 0.481 e. The number of hydrogen-bond acceptors (Lipinski definition) is 4. The summed E-state index contributed by atoms with van der Waals surface area (Å²) in [4.78, 5) is 25.0. The van der Waals surface area contributed by atoms with Crippen LogP contribution >= 0.6 is 0 Å². The molecule has 1 aromatic heterocycles. The fraction of sp³-hybridized carbons (Fsp3) is 0.300. The second-order valence-electron chi connectivity index (χ2n) is 3.29. The Kier molecular flexibility index (Phi) is 5.45. The summed E-state index contributed by atoms with van der Waals surface area (Å²) in [6.07, 6.45) is 0.932. The van der Waals surface area contributed by atoms with E-state index in [9.17, 15) is 18.4 Å². The van der Waals surface area contributed by atoms with E-state index in [1.54, 1.807) is 0 Å².